The van der Waals surface area contributed by atoms with Crippen LogP contribution in [0.1, 0.15) is 44.1 Å². The number of likely N-dealkylation sites (tertiary alicyclic amines) is 1. The van der Waals surface area contributed by atoms with Crippen LogP contribution in [0.2, 0.25) is 10.2 Å². The largest absolute Gasteiger partial charge is 0.339 e. The summed E-state index contributed by atoms with van der Waals surface area (Å²) in [4.78, 5) is 19.1. The number of aromatic nitrogens is 1. The molecule has 142 valence electrons. The SMILES string of the molecule is O=C1C(Cc2ccc(-c3ccnc(Cl)c3)cc2Cl)CCN1C1CCCCC1. The van der Waals surface area contributed by atoms with Crippen molar-refractivity contribution < 1.29 is 4.79 Å². The zero-order valence-corrected chi connectivity index (χ0v) is 16.8. The predicted molar refractivity (Wildman–Crippen MR) is 110 cm³/mol. The highest BCUT2D eigenvalue weighted by molar-refractivity contribution is 6.31. The van der Waals surface area contributed by atoms with Gasteiger partial charge >= 0.3 is 0 Å². The van der Waals surface area contributed by atoms with Gasteiger partial charge < -0.3 is 4.90 Å². The lowest BCUT2D eigenvalue weighted by Crippen LogP contribution is -2.39. The van der Waals surface area contributed by atoms with Gasteiger partial charge in [0.1, 0.15) is 5.15 Å². The van der Waals surface area contributed by atoms with Crippen LogP contribution in [-0.4, -0.2) is 28.4 Å². The number of carbonyl (C=O) groups excluding carboxylic acids is 1. The molecule has 5 heteroatoms. The van der Waals surface area contributed by atoms with Crippen LogP contribution < -0.4 is 0 Å². The van der Waals surface area contributed by atoms with E-state index in [1.165, 1.54) is 32.1 Å². The second-order valence-electron chi connectivity index (χ2n) is 7.69. The van der Waals surface area contributed by atoms with Gasteiger partial charge in [0.05, 0.1) is 0 Å². The van der Waals surface area contributed by atoms with E-state index in [4.69, 9.17) is 23.2 Å². The molecule has 0 radical (unpaired) electrons. The second-order valence-corrected chi connectivity index (χ2v) is 8.48. The minimum atomic E-state index is 0.0608. The maximum atomic E-state index is 12.9. The first-order valence-electron chi connectivity index (χ1n) is 9.82. The average Bonchev–Trinajstić information content (AvgIpc) is 3.04. The van der Waals surface area contributed by atoms with Crippen molar-refractivity contribution >= 4 is 29.1 Å². The molecular formula is C22H24Cl2N2O. The Bertz CT molecular complexity index is 833. The molecule has 2 fully saturated rings. The highest BCUT2D eigenvalue weighted by atomic mass is 35.5. The predicted octanol–water partition coefficient (Wildman–Crippen LogP) is 5.78. The van der Waals surface area contributed by atoms with Crippen LogP contribution in [0.4, 0.5) is 0 Å². The molecule has 0 N–H and O–H groups in total. The minimum Gasteiger partial charge on any atom is -0.339 e. The number of pyridine rings is 1. The highest BCUT2D eigenvalue weighted by Gasteiger charge is 2.36. The van der Waals surface area contributed by atoms with E-state index in [-0.39, 0.29) is 5.92 Å². The summed E-state index contributed by atoms with van der Waals surface area (Å²) in [5, 5.41) is 1.18. The molecule has 2 aromatic rings. The van der Waals surface area contributed by atoms with Gasteiger partial charge in [0.2, 0.25) is 5.91 Å². The molecule has 1 saturated heterocycles. The molecule has 27 heavy (non-hydrogen) atoms. The Kier molecular flexibility index (Phi) is 5.70. The summed E-state index contributed by atoms with van der Waals surface area (Å²) in [6.45, 7) is 0.902. The summed E-state index contributed by atoms with van der Waals surface area (Å²) in [5.74, 6) is 0.383. The summed E-state index contributed by atoms with van der Waals surface area (Å²) in [6.07, 6.45) is 9.51. The second kappa shape index (κ2) is 8.20. The fourth-order valence-electron chi connectivity index (χ4n) is 4.45. The zero-order valence-electron chi connectivity index (χ0n) is 15.3. The number of halogens is 2. The van der Waals surface area contributed by atoms with Gasteiger partial charge in [-0.05, 0) is 60.6 Å². The molecule has 1 unspecified atom stereocenters. The molecular weight excluding hydrogens is 379 g/mol. The van der Waals surface area contributed by atoms with E-state index in [2.05, 4.69) is 9.88 Å². The first-order valence-corrected chi connectivity index (χ1v) is 10.6. The summed E-state index contributed by atoms with van der Waals surface area (Å²) >= 11 is 12.5. The Morgan fingerprint density at radius 1 is 1.00 bits per heavy atom. The third-order valence-electron chi connectivity index (χ3n) is 5.95. The fourth-order valence-corrected chi connectivity index (χ4v) is 4.88. The Morgan fingerprint density at radius 2 is 1.78 bits per heavy atom. The standard InChI is InChI=1S/C22H24Cl2N2O/c23-20-13-15(16-8-10-25-21(24)14-16)6-7-17(20)12-18-9-11-26(22(18)27)19-4-2-1-3-5-19/h6-8,10,13-14,18-19H,1-5,9,11-12H2. The molecule has 1 saturated carbocycles. The van der Waals surface area contributed by atoms with Crippen LogP contribution in [0.5, 0.6) is 0 Å². The lowest BCUT2D eigenvalue weighted by Gasteiger charge is -2.31. The van der Waals surface area contributed by atoms with E-state index in [9.17, 15) is 4.79 Å². The third-order valence-corrected chi connectivity index (χ3v) is 6.50. The molecule has 2 aliphatic rings. The molecule has 1 aromatic carbocycles. The quantitative estimate of drug-likeness (QED) is 0.607. The molecule has 3 nitrogen and oxygen atoms in total. The van der Waals surface area contributed by atoms with Gasteiger partial charge in [-0.1, -0.05) is 54.6 Å². The lowest BCUT2D eigenvalue weighted by atomic mass is 9.93. The van der Waals surface area contributed by atoms with E-state index < -0.39 is 0 Å². The number of hydrogen-bond donors (Lipinski definition) is 0. The van der Waals surface area contributed by atoms with Gasteiger partial charge in [-0.15, -0.1) is 0 Å². The Morgan fingerprint density at radius 3 is 2.52 bits per heavy atom. The normalized spacial score (nSPS) is 21.0. The maximum absolute atomic E-state index is 12.9. The summed E-state index contributed by atoms with van der Waals surface area (Å²) < 4.78 is 0. The van der Waals surface area contributed by atoms with E-state index in [1.807, 2.05) is 30.3 Å². The van der Waals surface area contributed by atoms with Gasteiger partial charge in [-0.3, -0.25) is 4.79 Å². The highest BCUT2D eigenvalue weighted by Crippen LogP contribution is 2.33. The minimum absolute atomic E-state index is 0.0608. The molecule has 0 bridgehead atoms. The Balaban J connectivity index is 1.46. The van der Waals surface area contributed by atoms with Crippen LogP contribution in [-0.2, 0) is 11.2 Å². The number of nitrogens with zero attached hydrogens (tertiary/aromatic N) is 2. The molecule has 1 aromatic heterocycles. The van der Waals surface area contributed by atoms with Crippen molar-refractivity contribution in [3.8, 4) is 11.1 Å². The third kappa shape index (κ3) is 4.14. The van der Waals surface area contributed by atoms with Crippen molar-refractivity contribution in [3.63, 3.8) is 0 Å². The first kappa shape index (κ1) is 18.8. The van der Waals surface area contributed by atoms with Crippen LogP contribution in [0.25, 0.3) is 11.1 Å². The Labute approximate surface area is 170 Å². The zero-order chi connectivity index (χ0) is 18.8. The fraction of sp³-hybridized carbons (Fsp3) is 0.455. The molecule has 0 spiro atoms. The van der Waals surface area contributed by atoms with Crippen molar-refractivity contribution in [1.29, 1.82) is 0 Å². The number of carbonyl (C=O) groups is 1. The van der Waals surface area contributed by atoms with E-state index in [0.29, 0.717) is 22.1 Å². The first-order chi connectivity index (χ1) is 13.1. The van der Waals surface area contributed by atoms with Crippen molar-refractivity contribution in [3.05, 3.63) is 52.3 Å². The van der Waals surface area contributed by atoms with E-state index >= 15 is 0 Å². The van der Waals surface area contributed by atoms with Crippen LogP contribution in [0.3, 0.4) is 0 Å². The van der Waals surface area contributed by atoms with Gasteiger partial charge in [-0.25, -0.2) is 4.98 Å². The molecule has 1 aliphatic heterocycles. The van der Waals surface area contributed by atoms with Crippen LogP contribution in [0, 0.1) is 5.92 Å². The van der Waals surface area contributed by atoms with Gasteiger partial charge in [-0.2, -0.15) is 0 Å². The van der Waals surface area contributed by atoms with E-state index in [1.54, 1.807) is 6.20 Å². The van der Waals surface area contributed by atoms with Crippen molar-refractivity contribution in [2.24, 2.45) is 5.92 Å². The molecule has 1 atom stereocenters. The molecule has 1 amide bonds. The monoisotopic (exact) mass is 402 g/mol. The summed E-state index contributed by atoms with van der Waals surface area (Å²) in [5.41, 5.74) is 3.04. The van der Waals surface area contributed by atoms with Crippen LogP contribution in [0.15, 0.2) is 36.5 Å². The molecule has 1 aliphatic carbocycles. The van der Waals surface area contributed by atoms with Crippen molar-refractivity contribution in [2.45, 2.75) is 51.0 Å². The molecule has 4 rings (SSSR count). The number of rotatable bonds is 4. The van der Waals surface area contributed by atoms with E-state index in [0.717, 1.165) is 36.1 Å². The van der Waals surface area contributed by atoms with Gasteiger partial charge in [0, 0.05) is 29.7 Å². The number of hydrogen-bond acceptors (Lipinski definition) is 2. The smallest absolute Gasteiger partial charge is 0.226 e. The van der Waals surface area contributed by atoms with Gasteiger partial charge in [0.25, 0.3) is 0 Å². The summed E-state index contributed by atoms with van der Waals surface area (Å²) in [6, 6.07) is 10.3. The maximum Gasteiger partial charge on any atom is 0.226 e. The number of amides is 1. The Hall–Kier alpha value is -1.58. The van der Waals surface area contributed by atoms with Crippen LogP contribution >= 0.6 is 23.2 Å². The van der Waals surface area contributed by atoms with Gasteiger partial charge in [0.15, 0.2) is 0 Å². The average molecular weight is 403 g/mol. The summed E-state index contributed by atoms with van der Waals surface area (Å²) in [7, 11) is 0. The van der Waals surface area contributed by atoms with Crippen molar-refractivity contribution in [1.82, 2.24) is 9.88 Å². The van der Waals surface area contributed by atoms with Crippen molar-refractivity contribution in [2.75, 3.05) is 6.54 Å². The topological polar surface area (TPSA) is 33.2 Å². The lowest BCUT2D eigenvalue weighted by molar-refractivity contribution is -0.133. The number of benzene rings is 1. The molecule has 2 heterocycles.